The van der Waals surface area contributed by atoms with Crippen LogP contribution in [0.2, 0.25) is 0 Å². The molecule has 1 aromatic heterocycles. The Hall–Kier alpha value is -6.36. The molecule has 50 heavy (non-hydrogen) atoms. The fraction of sp³-hybridized carbons (Fsp3) is 0. The molecule has 0 radical (unpaired) electrons. The van der Waals surface area contributed by atoms with Crippen molar-refractivity contribution in [2.24, 2.45) is 0 Å². The lowest BCUT2D eigenvalue weighted by atomic mass is 10.0. The Labute approximate surface area is 294 Å². The smallest absolute Gasteiger partial charge is 0.153 e. The first-order valence-electron chi connectivity index (χ1n) is 16.8. The van der Waals surface area contributed by atoms with Crippen molar-refractivity contribution in [2.45, 2.75) is 0 Å². The highest BCUT2D eigenvalue weighted by molar-refractivity contribution is 7.25. The van der Waals surface area contributed by atoms with Crippen LogP contribution in [0.15, 0.2) is 182 Å². The van der Waals surface area contributed by atoms with Crippen LogP contribution in [-0.2, 0) is 0 Å². The van der Waals surface area contributed by atoms with Crippen LogP contribution in [0.5, 0.6) is 11.5 Å². The number of hydrogen-bond acceptors (Lipinski definition) is 4. The van der Waals surface area contributed by atoms with Crippen molar-refractivity contribution in [3.63, 3.8) is 0 Å². The average Bonchev–Trinajstić information content (AvgIpc) is 3.55. The second-order valence-electron chi connectivity index (χ2n) is 12.6. The second kappa shape index (κ2) is 11.7. The Morgan fingerprint density at radius 1 is 0.460 bits per heavy atom. The highest BCUT2D eigenvalue weighted by Crippen LogP contribution is 2.53. The summed E-state index contributed by atoms with van der Waals surface area (Å²) in [5.74, 6) is 1.64. The topological polar surface area (TPSA) is 15.7 Å². The standard InChI is InChI=1S/C46H30N2OS/c1-2-13-32(14-3-1)37-16-6-8-18-40(37)47(34-23-22-31-12-4-5-15-33(31)28-34)35-25-27-42-44(29-35)49-43-20-10-9-19-41(43)48(42)36-24-26-39-38-17-7-11-21-45(38)50-46(39)30-36/h1-30H. The summed E-state index contributed by atoms with van der Waals surface area (Å²) in [6.07, 6.45) is 0. The van der Waals surface area contributed by atoms with Crippen molar-refractivity contribution in [3.8, 4) is 22.6 Å². The van der Waals surface area contributed by atoms with Gasteiger partial charge in [-0.15, -0.1) is 11.3 Å². The lowest BCUT2D eigenvalue weighted by Crippen LogP contribution is -2.17. The van der Waals surface area contributed by atoms with Gasteiger partial charge in [0.2, 0.25) is 0 Å². The number of ether oxygens (including phenoxy) is 1. The van der Waals surface area contributed by atoms with Gasteiger partial charge in [0.15, 0.2) is 11.5 Å². The number of thiophene rings is 1. The molecule has 2 heterocycles. The molecule has 0 atom stereocenters. The molecule has 9 aromatic rings. The Bertz CT molecular complexity index is 2720. The van der Waals surface area contributed by atoms with Crippen molar-refractivity contribution in [1.82, 2.24) is 0 Å². The van der Waals surface area contributed by atoms with Crippen LogP contribution in [0, 0.1) is 0 Å². The van der Waals surface area contributed by atoms with Gasteiger partial charge in [0.05, 0.1) is 22.7 Å². The summed E-state index contributed by atoms with van der Waals surface area (Å²) in [5.41, 5.74) is 8.64. The number of hydrogen-bond donors (Lipinski definition) is 0. The lowest BCUT2D eigenvalue weighted by Gasteiger charge is -2.34. The maximum absolute atomic E-state index is 6.75. The predicted octanol–water partition coefficient (Wildman–Crippen LogP) is 13.9. The molecule has 4 heteroatoms. The fourth-order valence-corrected chi connectivity index (χ4v) is 8.43. The van der Waals surface area contributed by atoms with E-state index >= 15 is 0 Å². The highest BCUT2D eigenvalue weighted by atomic mass is 32.1. The van der Waals surface area contributed by atoms with Gasteiger partial charge in [0, 0.05) is 43.2 Å². The molecule has 0 amide bonds. The normalized spacial score (nSPS) is 12.1. The van der Waals surface area contributed by atoms with Gasteiger partial charge in [-0.1, -0.05) is 115 Å². The molecule has 1 aliphatic rings. The number of anilines is 6. The van der Waals surface area contributed by atoms with E-state index in [4.69, 9.17) is 4.74 Å². The Morgan fingerprint density at radius 2 is 1.16 bits per heavy atom. The molecule has 0 saturated carbocycles. The van der Waals surface area contributed by atoms with E-state index in [9.17, 15) is 0 Å². The maximum Gasteiger partial charge on any atom is 0.153 e. The summed E-state index contributed by atoms with van der Waals surface area (Å²) in [6.45, 7) is 0. The van der Waals surface area contributed by atoms with Crippen LogP contribution in [0.25, 0.3) is 42.1 Å². The van der Waals surface area contributed by atoms with Crippen LogP contribution >= 0.6 is 11.3 Å². The van der Waals surface area contributed by atoms with E-state index in [2.05, 4.69) is 186 Å². The molecule has 3 nitrogen and oxygen atoms in total. The van der Waals surface area contributed by atoms with Gasteiger partial charge in [0.25, 0.3) is 0 Å². The SMILES string of the molecule is c1ccc(-c2ccccc2N(c2ccc3c(c2)Oc2ccccc2N3c2ccc3c(c2)sc2ccccc23)c2ccc3ccccc3c2)cc1. The predicted molar refractivity (Wildman–Crippen MR) is 212 cm³/mol. The van der Waals surface area contributed by atoms with Crippen molar-refractivity contribution in [2.75, 3.05) is 9.80 Å². The van der Waals surface area contributed by atoms with Crippen molar-refractivity contribution in [3.05, 3.63) is 182 Å². The quantitative estimate of drug-likeness (QED) is 0.183. The molecule has 0 saturated heterocycles. The fourth-order valence-electron chi connectivity index (χ4n) is 7.29. The van der Waals surface area contributed by atoms with E-state index in [1.54, 1.807) is 0 Å². The third-order valence-electron chi connectivity index (χ3n) is 9.61. The minimum Gasteiger partial charge on any atom is -0.453 e. The number of para-hydroxylation sites is 3. The number of nitrogens with zero attached hydrogens (tertiary/aromatic N) is 2. The van der Waals surface area contributed by atoms with Crippen LogP contribution in [0.1, 0.15) is 0 Å². The summed E-state index contributed by atoms with van der Waals surface area (Å²) in [7, 11) is 0. The Balaban J connectivity index is 1.16. The zero-order chi connectivity index (χ0) is 33.0. The summed E-state index contributed by atoms with van der Waals surface area (Å²) in [6, 6.07) is 64.9. The molecular weight excluding hydrogens is 629 g/mol. The third kappa shape index (κ3) is 4.73. The average molecular weight is 659 g/mol. The minimum atomic E-state index is 0.806. The number of rotatable bonds is 5. The number of fused-ring (bicyclic) bond motifs is 6. The molecule has 8 aromatic carbocycles. The second-order valence-corrected chi connectivity index (χ2v) is 13.7. The van der Waals surface area contributed by atoms with Gasteiger partial charge in [0.1, 0.15) is 0 Å². The molecule has 0 spiro atoms. The van der Waals surface area contributed by atoms with Crippen LogP contribution in [0.4, 0.5) is 34.1 Å². The summed E-state index contributed by atoms with van der Waals surface area (Å²) in [5, 5.41) is 4.99. The molecule has 0 aliphatic carbocycles. The van der Waals surface area contributed by atoms with Crippen molar-refractivity contribution >= 4 is 76.4 Å². The summed E-state index contributed by atoms with van der Waals surface area (Å²) >= 11 is 1.84. The van der Waals surface area contributed by atoms with Crippen LogP contribution < -0.4 is 14.5 Å². The first-order valence-corrected chi connectivity index (χ1v) is 17.7. The first-order chi connectivity index (χ1) is 24.8. The molecule has 0 fully saturated rings. The van der Waals surface area contributed by atoms with Gasteiger partial charge < -0.3 is 14.5 Å². The third-order valence-corrected chi connectivity index (χ3v) is 10.7. The minimum absolute atomic E-state index is 0.806. The van der Waals surface area contributed by atoms with E-state index in [0.29, 0.717) is 0 Å². The molecule has 10 rings (SSSR count). The van der Waals surface area contributed by atoms with E-state index < -0.39 is 0 Å². The number of benzene rings is 8. The zero-order valence-corrected chi connectivity index (χ0v) is 27.8. The van der Waals surface area contributed by atoms with Gasteiger partial charge in [-0.3, -0.25) is 0 Å². The molecule has 0 unspecified atom stereocenters. The van der Waals surface area contributed by atoms with Gasteiger partial charge in [-0.05, 0) is 77.0 Å². The monoisotopic (exact) mass is 658 g/mol. The highest BCUT2D eigenvalue weighted by Gasteiger charge is 2.28. The Kier molecular flexibility index (Phi) is 6.68. The molecule has 0 bridgehead atoms. The molecule has 0 N–H and O–H groups in total. The van der Waals surface area contributed by atoms with E-state index in [-0.39, 0.29) is 0 Å². The van der Waals surface area contributed by atoms with Gasteiger partial charge >= 0.3 is 0 Å². The Morgan fingerprint density at radius 3 is 2.10 bits per heavy atom. The summed E-state index contributed by atoms with van der Waals surface area (Å²) in [4.78, 5) is 4.69. The zero-order valence-electron chi connectivity index (χ0n) is 27.0. The van der Waals surface area contributed by atoms with Crippen molar-refractivity contribution < 1.29 is 4.74 Å². The van der Waals surface area contributed by atoms with Crippen LogP contribution in [-0.4, -0.2) is 0 Å². The molecule has 236 valence electrons. The van der Waals surface area contributed by atoms with E-state index in [0.717, 1.165) is 51.2 Å². The van der Waals surface area contributed by atoms with Crippen molar-refractivity contribution in [1.29, 1.82) is 0 Å². The molecule has 1 aliphatic heterocycles. The lowest BCUT2D eigenvalue weighted by molar-refractivity contribution is 0.477. The first kappa shape index (κ1) is 28.6. The van der Waals surface area contributed by atoms with Gasteiger partial charge in [-0.2, -0.15) is 0 Å². The molecular formula is C46H30N2OS. The maximum atomic E-state index is 6.75. The largest absolute Gasteiger partial charge is 0.453 e. The van der Waals surface area contributed by atoms with Gasteiger partial charge in [-0.25, -0.2) is 0 Å². The van der Waals surface area contributed by atoms with E-state index in [1.807, 2.05) is 17.4 Å². The summed E-state index contributed by atoms with van der Waals surface area (Å²) < 4.78 is 9.32. The van der Waals surface area contributed by atoms with Crippen LogP contribution in [0.3, 0.4) is 0 Å². The van der Waals surface area contributed by atoms with E-state index in [1.165, 1.54) is 36.5 Å².